The van der Waals surface area contributed by atoms with Crippen LogP contribution in [0.4, 0.5) is 0 Å². The molecule has 2 fully saturated rings. The molecule has 4 nitrogen and oxygen atoms in total. The number of nitrogens with one attached hydrogen (secondary N) is 1. The topological polar surface area (TPSA) is 58.4 Å². The Hall–Kier alpha value is -0.610. The highest BCUT2D eigenvalue weighted by Gasteiger charge is 2.33. The number of amides is 1. The molecule has 17 heavy (non-hydrogen) atoms. The van der Waals surface area contributed by atoms with Crippen molar-refractivity contribution in [3.05, 3.63) is 0 Å². The number of rotatable bonds is 2. The molecule has 2 aliphatic heterocycles. The minimum atomic E-state index is 0.0963. The third kappa shape index (κ3) is 2.99. The van der Waals surface area contributed by atoms with Gasteiger partial charge in [-0.1, -0.05) is 6.92 Å². The van der Waals surface area contributed by atoms with E-state index in [0.717, 1.165) is 45.4 Å². The molecule has 2 rings (SSSR count). The number of hydrogen-bond acceptors (Lipinski definition) is 3. The highest BCUT2D eigenvalue weighted by molar-refractivity contribution is 5.81. The van der Waals surface area contributed by atoms with Crippen LogP contribution in [0.15, 0.2) is 0 Å². The van der Waals surface area contributed by atoms with Crippen molar-refractivity contribution in [3.8, 4) is 0 Å². The highest BCUT2D eigenvalue weighted by Crippen LogP contribution is 2.25. The van der Waals surface area contributed by atoms with E-state index in [4.69, 9.17) is 5.73 Å². The Morgan fingerprint density at radius 2 is 2.24 bits per heavy atom. The molecule has 0 bridgehead atoms. The molecule has 0 spiro atoms. The van der Waals surface area contributed by atoms with Gasteiger partial charge in [-0.3, -0.25) is 9.69 Å². The Labute approximate surface area is 104 Å². The van der Waals surface area contributed by atoms with Gasteiger partial charge in [0.05, 0.1) is 6.04 Å². The first-order chi connectivity index (χ1) is 8.22. The maximum atomic E-state index is 12.0. The Balaban J connectivity index is 1.98. The summed E-state index contributed by atoms with van der Waals surface area (Å²) in [6.45, 7) is 5.92. The van der Waals surface area contributed by atoms with E-state index in [-0.39, 0.29) is 11.9 Å². The van der Waals surface area contributed by atoms with Crippen LogP contribution in [0.2, 0.25) is 0 Å². The van der Waals surface area contributed by atoms with E-state index in [0.29, 0.717) is 11.8 Å². The van der Waals surface area contributed by atoms with Crippen LogP contribution in [-0.2, 0) is 4.79 Å². The summed E-state index contributed by atoms with van der Waals surface area (Å²) in [5, 5.41) is 3.02. The lowest BCUT2D eigenvalue weighted by atomic mass is 9.86. The van der Waals surface area contributed by atoms with Gasteiger partial charge in [0.15, 0.2) is 0 Å². The Morgan fingerprint density at radius 3 is 3.00 bits per heavy atom. The number of hydrogen-bond donors (Lipinski definition) is 2. The summed E-state index contributed by atoms with van der Waals surface area (Å²) in [6.07, 6.45) is 4.46. The van der Waals surface area contributed by atoms with Crippen LogP contribution in [-0.4, -0.2) is 43.0 Å². The van der Waals surface area contributed by atoms with Gasteiger partial charge < -0.3 is 11.1 Å². The summed E-state index contributed by atoms with van der Waals surface area (Å²) < 4.78 is 0. The molecule has 4 heteroatoms. The number of nitrogens with zero attached hydrogens (tertiary/aromatic N) is 1. The number of piperidine rings is 1. The average Bonchev–Trinajstić information content (AvgIpc) is 2.55. The third-order valence-electron chi connectivity index (χ3n) is 4.40. The first-order valence-corrected chi connectivity index (χ1v) is 6.94. The number of carbonyl (C=O) groups excluding carboxylic acids is 1. The number of likely N-dealkylation sites (tertiary alicyclic amines) is 1. The van der Waals surface area contributed by atoms with Gasteiger partial charge in [0.2, 0.25) is 5.91 Å². The first-order valence-electron chi connectivity index (χ1n) is 6.94. The van der Waals surface area contributed by atoms with Gasteiger partial charge in [0.1, 0.15) is 0 Å². The number of nitrogens with two attached hydrogens (primary N) is 1. The van der Waals surface area contributed by atoms with Crippen LogP contribution in [0.3, 0.4) is 0 Å². The predicted octanol–water partition coefficient (Wildman–Crippen LogP) is 0.572. The van der Waals surface area contributed by atoms with Crippen LogP contribution in [0, 0.1) is 11.8 Å². The molecule has 0 aromatic carbocycles. The van der Waals surface area contributed by atoms with Gasteiger partial charge in [0, 0.05) is 13.1 Å². The lowest BCUT2D eigenvalue weighted by Gasteiger charge is -2.40. The van der Waals surface area contributed by atoms with E-state index >= 15 is 0 Å². The monoisotopic (exact) mass is 239 g/mol. The van der Waals surface area contributed by atoms with Gasteiger partial charge in [0.25, 0.3) is 0 Å². The van der Waals surface area contributed by atoms with Crippen molar-refractivity contribution in [2.45, 2.75) is 38.6 Å². The van der Waals surface area contributed by atoms with Crippen LogP contribution in [0.5, 0.6) is 0 Å². The maximum absolute atomic E-state index is 12.0. The molecule has 1 amide bonds. The summed E-state index contributed by atoms with van der Waals surface area (Å²) in [4.78, 5) is 14.4. The van der Waals surface area contributed by atoms with E-state index < -0.39 is 0 Å². The van der Waals surface area contributed by atoms with Crippen molar-refractivity contribution in [2.75, 3.05) is 26.2 Å². The van der Waals surface area contributed by atoms with Crippen molar-refractivity contribution in [1.29, 1.82) is 0 Å². The van der Waals surface area contributed by atoms with Crippen LogP contribution in [0.25, 0.3) is 0 Å². The molecule has 2 aliphatic rings. The first kappa shape index (κ1) is 12.8. The quantitative estimate of drug-likeness (QED) is 0.741. The van der Waals surface area contributed by atoms with E-state index in [1.165, 1.54) is 6.42 Å². The smallest absolute Gasteiger partial charge is 0.237 e. The molecule has 0 aromatic heterocycles. The van der Waals surface area contributed by atoms with Crippen molar-refractivity contribution in [3.63, 3.8) is 0 Å². The van der Waals surface area contributed by atoms with Crippen molar-refractivity contribution in [2.24, 2.45) is 17.6 Å². The third-order valence-corrected chi connectivity index (χ3v) is 4.40. The fraction of sp³-hybridized carbons (Fsp3) is 0.923. The van der Waals surface area contributed by atoms with Gasteiger partial charge in [-0.25, -0.2) is 0 Å². The van der Waals surface area contributed by atoms with Gasteiger partial charge in [-0.2, -0.15) is 0 Å². The molecule has 98 valence electrons. The fourth-order valence-electron chi connectivity index (χ4n) is 3.04. The molecule has 0 aromatic rings. The standard InChI is InChI=1S/C13H25N3O/c1-10-5-7-16(9-11(10)8-14)12-4-2-3-6-15-13(12)17/h10-12H,2-9,14H2,1H3,(H,15,17). The van der Waals surface area contributed by atoms with E-state index in [1.54, 1.807) is 0 Å². The Bertz CT molecular complexity index is 269. The molecule has 3 unspecified atom stereocenters. The van der Waals surface area contributed by atoms with Gasteiger partial charge >= 0.3 is 0 Å². The maximum Gasteiger partial charge on any atom is 0.237 e. The van der Waals surface area contributed by atoms with E-state index in [9.17, 15) is 4.79 Å². The van der Waals surface area contributed by atoms with Crippen molar-refractivity contribution >= 4 is 5.91 Å². The fourth-order valence-corrected chi connectivity index (χ4v) is 3.04. The molecule has 3 atom stereocenters. The molecule has 3 N–H and O–H groups in total. The zero-order valence-corrected chi connectivity index (χ0v) is 10.8. The normalized spacial score (nSPS) is 36.4. The minimum absolute atomic E-state index is 0.0963. The van der Waals surface area contributed by atoms with Crippen molar-refractivity contribution < 1.29 is 4.79 Å². The minimum Gasteiger partial charge on any atom is -0.355 e. The van der Waals surface area contributed by atoms with Gasteiger partial charge in [-0.15, -0.1) is 0 Å². The summed E-state index contributed by atoms with van der Waals surface area (Å²) in [5.74, 6) is 1.48. The molecule has 0 aliphatic carbocycles. The summed E-state index contributed by atoms with van der Waals surface area (Å²) in [7, 11) is 0. The Morgan fingerprint density at radius 1 is 1.41 bits per heavy atom. The van der Waals surface area contributed by atoms with E-state index in [2.05, 4.69) is 17.1 Å². The molecular formula is C13H25N3O. The Kier molecular flexibility index (Phi) is 4.40. The van der Waals surface area contributed by atoms with E-state index in [1.807, 2.05) is 0 Å². The average molecular weight is 239 g/mol. The summed E-state index contributed by atoms with van der Waals surface area (Å²) in [5.41, 5.74) is 5.82. The lowest BCUT2D eigenvalue weighted by Crippen LogP contribution is -2.52. The summed E-state index contributed by atoms with van der Waals surface area (Å²) >= 11 is 0. The zero-order valence-electron chi connectivity index (χ0n) is 10.8. The second-order valence-corrected chi connectivity index (χ2v) is 5.56. The molecule has 2 heterocycles. The number of carbonyl (C=O) groups is 1. The summed E-state index contributed by atoms with van der Waals surface area (Å²) in [6, 6.07) is 0.0963. The second kappa shape index (κ2) is 5.83. The zero-order chi connectivity index (χ0) is 12.3. The molecular weight excluding hydrogens is 214 g/mol. The molecule has 2 saturated heterocycles. The SMILES string of the molecule is CC1CCN(C2CCCCNC2=O)CC1CN. The second-order valence-electron chi connectivity index (χ2n) is 5.56. The van der Waals surface area contributed by atoms with Crippen LogP contribution >= 0.6 is 0 Å². The van der Waals surface area contributed by atoms with Crippen LogP contribution in [0.1, 0.15) is 32.6 Å². The molecule has 0 saturated carbocycles. The largest absolute Gasteiger partial charge is 0.355 e. The van der Waals surface area contributed by atoms with Crippen LogP contribution < -0.4 is 11.1 Å². The predicted molar refractivity (Wildman–Crippen MR) is 68.5 cm³/mol. The van der Waals surface area contributed by atoms with Gasteiger partial charge in [-0.05, 0) is 50.6 Å². The lowest BCUT2D eigenvalue weighted by molar-refractivity contribution is -0.127. The molecule has 0 radical (unpaired) electrons. The highest BCUT2D eigenvalue weighted by atomic mass is 16.2. The van der Waals surface area contributed by atoms with Crippen molar-refractivity contribution in [1.82, 2.24) is 10.2 Å².